The lowest BCUT2D eigenvalue weighted by atomic mass is 9.92. The van der Waals surface area contributed by atoms with Gasteiger partial charge >= 0.3 is 5.97 Å². The summed E-state index contributed by atoms with van der Waals surface area (Å²) in [5, 5.41) is 17.2. The highest BCUT2D eigenvalue weighted by atomic mass is 16.6. The molecule has 1 aromatic heterocycles. The van der Waals surface area contributed by atoms with Gasteiger partial charge < -0.3 is 9.26 Å². The van der Waals surface area contributed by atoms with Crippen LogP contribution in [0.4, 0.5) is 11.6 Å². The van der Waals surface area contributed by atoms with E-state index in [0.717, 1.165) is 0 Å². The summed E-state index contributed by atoms with van der Waals surface area (Å²) < 4.78 is 9.93. The number of ether oxygens (including phenoxy) is 1. The standard InChI is InChI=1S/C17H19N3O6/c1-10-11(6-5-7-12(10)20(23)24)16(22)25-9-14(21)18-15-8-13(19-26-15)17(2,3)4/h5-8H,9H2,1-4H3,(H,18,21). The predicted octanol–water partition coefficient (Wildman–Crippen LogP) is 2.98. The number of carbonyl (C=O) groups excluding carboxylic acids is 2. The molecular formula is C17H19N3O6. The van der Waals surface area contributed by atoms with Gasteiger partial charge in [0.2, 0.25) is 5.88 Å². The molecule has 0 aliphatic carbocycles. The Hall–Kier alpha value is -3.23. The molecule has 0 radical (unpaired) electrons. The van der Waals surface area contributed by atoms with Gasteiger partial charge in [-0.1, -0.05) is 32.0 Å². The fourth-order valence-corrected chi connectivity index (χ4v) is 2.11. The average Bonchev–Trinajstić information content (AvgIpc) is 3.01. The summed E-state index contributed by atoms with van der Waals surface area (Å²) in [6, 6.07) is 5.65. The van der Waals surface area contributed by atoms with E-state index in [2.05, 4.69) is 10.5 Å². The Kier molecular flexibility index (Phi) is 5.39. The molecule has 1 heterocycles. The summed E-state index contributed by atoms with van der Waals surface area (Å²) in [6.07, 6.45) is 0. The molecule has 0 fully saturated rings. The van der Waals surface area contributed by atoms with Crippen molar-refractivity contribution in [3.8, 4) is 0 Å². The third-order valence-electron chi connectivity index (χ3n) is 3.60. The predicted molar refractivity (Wildman–Crippen MR) is 91.9 cm³/mol. The van der Waals surface area contributed by atoms with Crippen molar-refractivity contribution in [2.75, 3.05) is 11.9 Å². The molecule has 9 nitrogen and oxygen atoms in total. The van der Waals surface area contributed by atoms with E-state index < -0.39 is 23.4 Å². The minimum absolute atomic E-state index is 0.0293. The number of nitrogens with zero attached hydrogens (tertiary/aromatic N) is 2. The monoisotopic (exact) mass is 361 g/mol. The number of amides is 1. The molecular weight excluding hydrogens is 342 g/mol. The number of nitro benzene ring substituents is 1. The molecule has 0 saturated heterocycles. The summed E-state index contributed by atoms with van der Waals surface area (Å²) >= 11 is 0. The van der Waals surface area contributed by atoms with Crippen LogP contribution in [-0.2, 0) is 14.9 Å². The second kappa shape index (κ2) is 7.34. The van der Waals surface area contributed by atoms with Gasteiger partial charge in [0.05, 0.1) is 16.2 Å². The number of nitrogens with one attached hydrogen (secondary N) is 1. The summed E-state index contributed by atoms with van der Waals surface area (Å²) in [4.78, 5) is 34.3. The molecule has 1 amide bonds. The Balaban J connectivity index is 1.97. The third-order valence-corrected chi connectivity index (χ3v) is 3.60. The zero-order valence-corrected chi connectivity index (χ0v) is 14.9. The van der Waals surface area contributed by atoms with E-state index >= 15 is 0 Å². The van der Waals surface area contributed by atoms with Crippen LogP contribution in [0.25, 0.3) is 0 Å². The van der Waals surface area contributed by atoms with Gasteiger partial charge in [-0.2, -0.15) is 0 Å². The molecule has 0 aliphatic rings. The minimum atomic E-state index is -0.825. The number of anilines is 1. The second-order valence-corrected chi connectivity index (χ2v) is 6.66. The first-order valence-electron chi connectivity index (χ1n) is 7.78. The van der Waals surface area contributed by atoms with Gasteiger partial charge in [-0.3, -0.25) is 20.2 Å². The number of hydrogen-bond acceptors (Lipinski definition) is 7. The second-order valence-electron chi connectivity index (χ2n) is 6.66. The summed E-state index contributed by atoms with van der Waals surface area (Å²) in [5.41, 5.74) is 0.435. The van der Waals surface area contributed by atoms with Crippen molar-refractivity contribution in [2.45, 2.75) is 33.1 Å². The van der Waals surface area contributed by atoms with Crippen LogP contribution >= 0.6 is 0 Å². The van der Waals surface area contributed by atoms with E-state index in [-0.39, 0.29) is 28.1 Å². The Morgan fingerprint density at radius 2 is 2.04 bits per heavy atom. The summed E-state index contributed by atoms with van der Waals surface area (Å²) in [5.74, 6) is -1.30. The molecule has 1 aromatic carbocycles. The fraction of sp³-hybridized carbons (Fsp3) is 0.353. The first-order chi connectivity index (χ1) is 12.1. The van der Waals surface area contributed by atoms with Crippen molar-refractivity contribution in [2.24, 2.45) is 0 Å². The third kappa shape index (κ3) is 4.44. The molecule has 0 unspecified atom stereocenters. The van der Waals surface area contributed by atoms with Crippen LogP contribution in [-0.4, -0.2) is 28.6 Å². The summed E-state index contributed by atoms with van der Waals surface area (Å²) in [6.45, 7) is 6.71. The normalized spacial score (nSPS) is 11.1. The number of nitro groups is 1. The maximum Gasteiger partial charge on any atom is 0.339 e. The molecule has 2 aromatic rings. The number of carbonyl (C=O) groups is 2. The highest BCUT2D eigenvalue weighted by Gasteiger charge is 2.21. The van der Waals surface area contributed by atoms with Gasteiger partial charge in [0.25, 0.3) is 11.6 Å². The SMILES string of the molecule is Cc1c(C(=O)OCC(=O)Nc2cc(C(C)(C)C)no2)cccc1[N+](=O)[O-]. The van der Waals surface area contributed by atoms with Gasteiger partial charge in [0, 0.05) is 23.1 Å². The lowest BCUT2D eigenvalue weighted by Crippen LogP contribution is -2.21. The van der Waals surface area contributed by atoms with Crippen LogP contribution in [0.1, 0.15) is 42.4 Å². The van der Waals surface area contributed by atoms with Crippen molar-refractivity contribution >= 4 is 23.4 Å². The van der Waals surface area contributed by atoms with Crippen LogP contribution in [0.15, 0.2) is 28.8 Å². The average molecular weight is 361 g/mol. The zero-order chi connectivity index (χ0) is 19.5. The molecule has 0 saturated carbocycles. The highest BCUT2D eigenvalue weighted by molar-refractivity contribution is 5.96. The smallest absolute Gasteiger partial charge is 0.339 e. The molecule has 138 valence electrons. The zero-order valence-electron chi connectivity index (χ0n) is 14.9. The van der Waals surface area contributed by atoms with Crippen LogP contribution in [0.3, 0.4) is 0 Å². The number of esters is 1. The maximum atomic E-state index is 12.1. The van der Waals surface area contributed by atoms with E-state index in [9.17, 15) is 19.7 Å². The van der Waals surface area contributed by atoms with E-state index in [1.165, 1.54) is 25.1 Å². The Labute approximate surface area is 149 Å². The number of rotatable bonds is 5. The van der Waals surface area contributed by atoms with E-state index in [1.807, 2.05) is 20.8 Å². The van der Waals surface area contributed by atoms with E-state index in [0.29, 0.717) is 5.69 Å². The van der Waals surface area contributed by atoms with Gasteiger partial charge in [0.1, 0.15) is 0 Å². The molecule has 2 rings (SSSR count). The van der Waals surface area contributed by atoms with Gasteiger partial charge in [-0.05, 0) is 13.0 Å². The Bertz CT molecular complexity index is 850. The van der Waals surface area contributed by atoms with Crippen molar-refractivity contribution in [1.29, 1.82) is 0 Å². The molecule has 0 spiro atoms. The van der Waals surface area contributed by atoms with Crippen molar-refractivity contribution < 1.29 is 23.8 Å². The van der Waals surface area contributed by atoms with Crippen LogP contribution in [0, 0.1) is 17.0 Å². The summed E-state index contributed by atoms with van der Waals surface area (Å²) in [7, 11) is 0. The number of aromatic nitrogens is 1. The van der Waals surface area contributed by atoms with Crippen LogP contribution < -0.4 is 5.32 Å². The number of hydrogen-bond donors (Lipinski definition) is 1. The van der Waals surface area contributed by atoms with Crippen LogP contribution in [0.5, 0.6) is 0 Å². The van der Waals surface area contributed by atoms with Crippen molar-refractivity contribution in [3.63, 3.8) is 0 Å². The van der Waals surface area contributed by atoms with Crippen molar-refractivity contribution in [1.82, 2.24) is 5.16 Å². The molecule has 0 bridgehead atoms. The highest BCUT2D eigenvalue weighted by Crippen LogP contribution is 2.24. The largest absolute Gasteiger partial charge is 0.452 e. The Morgan fingerprint density at radius 1 is 1.35 bits per heavy atom. The lowest BCUT2D eigenvalue weighted by molar-refractivity contribution is -0.385. The molecule has 9 heteroatoms. The van der Waals surface area contributed by atoms with E-state index in [1.54, 1.807) is 6.07 Å². The first-order valence-corrected chi connectivity index (χ1v) is 7.78. The molecule has 0 atom stereocenters. The van der Waals surface area contributed by atoms with Crippen LogP contribution in [0.2, 0.25) is 0 Å². The topological polar surface area (TPSA) is 125 Å². The quantitative estimate of drug-likeness (QED) is 0.493. The van der Waals surface area contributed by atoms with Gasteiger partial charge in [-0.25, -0.2) is 4.79 Å². The Morgan fingerprint density at radius 3 is 2.62 bits per heavy atom. The van der Waals surface area contributed by atoms with Gasteiger partial charge in [-0.15, -0.1) is 0 Å². The minimum Gasteiger partial charge on any atom is -0.452 e. The fourth-order valence-electron chi connectivity index (χ4n) is 2.11. The van der Waals surface area contributed by atoms with Crippen molar-refractivity contribution in [3.05, 3.63) is 51.2 Å². The molecule has 0 aliphatic heterocycles. The maximum absolute atomic E-state index is 12.1. The van der Waals surface area contributed by atoms with Gasteiger partial charge in [0.15, 0.2) is 6.61 Å². The number of benzene rings is 1. The molecule has 26 heavy (non-hydrogen) atoms. The first kappa shape index (κ1) is 19.1. The lowest BCUT2D eigenvalue weighted by Gasteiger charge is -2.12. The molecule has 1 N–H and O–H groups in total. The van der Waals surface area contributed by atoms with E-state index in [4.69, 9.17) is 9.26 Å².